The molecule has 1 heterocycles. The Kier molecular flexibility index (Phi) is 1.61. The third-order valence-electron chi connectivity index (χ3n) is 2.32. The first-order chi connectivity index (χ1) is 6.16. The summed E-state index contributed by atoms with van der Waals surface area (Å²) in [6.45, 7) is 1.79. The van der Waals surface area contributed by atoms with E-state index in [0.29, 0.717) is 0 Å². The van der Waals surface area contributed by atoms with E-state index in [4.69, 9.17) is 10.00 Å². The third kappa shape index (κ3) is 1.20. The number of hydrogen-bond acceptors (Lipinski definition) is 2. The molecule has 2 nitrogen and oxygen atoms in total. The summed E-state index contributed by atoms with van der Waals surface area (Å²) in [4.78, 5) is 0. The Hall–Kier alpha value is -1.40. The van der Waals surface area contributed by atoms with Crippen molar-refractivity contribution >= 4 is 0 Å². The van der Waals surface area contributed by atoms with Crippen molar-refractivity contribution in [2.24, 2.45) is 0 Å². The van der Waals surface area contributed by atoms with Crippen LogP contribution in [-0.2, 0) is 10.3 Å². The van der Waals surface area contributed by atoms with E-state index in [0.717, 1.165) is 5.56 Å². The quantitative estimate of drug-likeness (QED) is 0.615. The molecule has 3 heteroatoms. The van der Waals surface area contributed by atoms with E-state index >= 15 is 0 Å². The minimum atomic E-state index is -0.600. The fourth-order valence-electron chi connectivity index (χ4n) is 1.38. The van der Waals surface area contributed by atoms with E-state index in [2.05, 4.69) is 0 Å². The van der Waals surface area contributed by atoms with Gasteiger partial charge in [0, 0.05) is 0 Å². The number of benzene rings is 1. The van der Waals surface area contributed by atoms with Gasteiger partial charge in [-0.05, 0) is 24.6 Å². The van der Waals surface area contributed by atoms with Crippen LogP contribution in [0.25, 0.3) is 0 Å². The Morgan fingerprint density at radius 1 is 1.62 bits per heavy atom. The Labute approximate surface area is 75.6 Å². The predicted molar refractivity (Wildman–Crippen MR) is 44.2 cm³/mol. The minimum Gasteiger partial charge on any atom is -0.345 e. The second-order valence-corrected chi connectivity index (χ2v) is 3.24. The van der Waals surface area contributed by atoms with Crippen LogP contribution in [0.5, 0.6) is 0 Å². The minimum absolute atomic E-state index is 0.300. The van der Waals surface area contributed by atoms with E-state index in [-0.39, 0.29) is 5.82 Å². The first-order valence-electron chi connectivity index (χ1n) is 4.00. The molecule has 2 atom stereocenters. The molecule has 2 rings (SSSR count). The number of hydrogen-bond donors (Lipinski definition) is 0. The molecule has 0 saturated carbocycles. The van der Waals surface area contributed by atoms with Gasteiger partial charge in [-0.1, -0.05) is 12.1 Å². The van der Waals surface area contributed by atoms with Gasteiger partial charge in [-0.2, -0.15) is 5.26 Å². The van der Waals surface area contributed by atoms with Gasteiger partial charge in [0.05, 0.1) is 6.07 Å². The summed E-state index contributed by atoms with van der Waals surface area (Å²) in [5.41, 5.74) is 0.121. The molecule has 1 aliphatic rings. The summed E-state index contributed by atoms with van der Waals surface area (Å²) in [7, 11) is 0. The lowest BCUT2D eigenvalue weighted by Crippen LogP contribution is -2.06. The fraction of sp³-hybridized carbons (Fsp3) is 0.300. The predicted octanol–water partition coefficient (Wildman–Crippen LogP) is 1.96. The van der Waals surface area contributed by atoms with Crippen molar-refractivity contribution in [1.82, 2.24) is 0 Å². The summed E-state index contributed by atoms with van der Waals surface area (Å²) in [6.07, 6.45) is -0.436. The van der Waals surface area contributed by atoms with Gasteiger partial charge in [0.25, 0.3) is 0 Å². The van der Waals surface area contributed by atoms with E-state index < -0.39 is 11.7 Å². The van der Waals surface area contributed by atoms with Crippen LogP contribution in [0, 0.1) is 17.1 Å². The Balaban J connectivity index is 2.34. The highest BCUT2D eigenvalue weighted by Crippen LogP contribution is 2.45. The molecule has 2 unspecified atom stereocenters. The number of rotatable bonds is 1. The summed E-state index contributed by atoms with van der Waals surface area (Å²) in [5, 5.41) is 8.60. The zero-order valence-corrected chi connectivity index (χ0v) is 7.12. The maximum atomic E-state index is 12.8. The van der Waals surface area contributed by atoms with Crippen molar-refractivity contribution in [2.45, 2.75) is 18.6 Å². The summed E-state index contributed by atoms with van der Waals surface area (Å²) in [6, 6.07) is 8.16. The zero-order chi connectivity index (χ0) is 9.47. The molecular weight excluding hydrogens is 169 g/mol. The zero-order valence-electron chi connectivity index (χ0n) is 7.12. The maximum absolute atomic E-state index is 12.8. The number of halogens is 1. The van der Waals surface area contributed by atoms with Crippen molar-refractivity contribution in [2.75, 3.05) is 0 Å². The van der Waals surface area contributed by atoms with Gasteiger partial charge >= 0.3 is 0 Å². The van der Waals surface area contributed by atoms with Gasteiger partial charge in [-0.25, -0.2) is 4.39 Å². The molecule has 1 fully saturated rings. The Morgan fingerprint density at radius 2 is 2.38 bits per heavy atom. The Morgan fingerprint density at radius 3 is 2.92 bits per heavy atom. The van der Waals surface area contributed by atoms with E-state index in [1.807, 2.05) is 6.07 Å². The Bertz CT molecular complexity index is 385. The highest BCUT2D eigenvalue weighted by Gasteiger charge is 2.54. The molecule has 1 aromatic rings. The third-order valence-corrected chi connectivity index (χ3v) is 2.32. The van der Waals surface area contributed by atoms with E-state index in [1.54, 1.807) is 19.1 Å². The molecule has 1 saturated heterocycles. The highest BCUT2D eigenvalue weighted by molar-refractivity contribution is 5.32. The topological polar surface area (TPSA) is 36.3 Å². The van der Waals surface area contributed by atoms with Crippen LogP contribution in [0.2, 0.25) is 0 Å². The van der Waals surface area contributed by atoms with Crippen LogP contribution in [0.15, 0.2) is 24.3 Å². The average Bonchev–Trinajstić information content (AvgIpc) is 2.79. The SMILES string of the molecule is CC1(c2cccc(F)c2)OC1C#N. The van der Waals surface area contributed by atoms with Crippen molar-refractivity contribution in [3.8, 4) is 6.07 Å². The van der Waals surface area contributed by atoms with Crippen LogP contribution < -0.4 is 0 Å². The number of nitrogens with zero attached hydrogens (tertiary/aromatic N) is 1. The van der Waals surface area contributed by atoms with Crippen LogP contribution in [-0.4, -0.2) is 6.10 Å². The molecule has 13 heavy (non-hydrogen) atoms. The monoisotopic (exact) mass is 177 g/mol. The molecule has 0 bridgehead atoms. The van der Waals surface area contributed by atoms with Crippen LogP contribution in [0.3, 0.4) is 0 Å². The van der Waals surface area contributed by atoms with E-state index in [9.17, 15) is 4.39 Å². The first-order valence-corrected chi connectivity index (χ1v) is 4.00. The van der Waals surface area contributed by atoms with Crippen LogP contribution >= 0.6 is 0 Å². The molecule has 0 amide bonds. The molecule has 0 aliphatic carbocycles. The van der Waals surface area contributed by atoms with Crippen molar-refractivity contribution < 1.29 is 9.13 Å². The average molecular weight is 177 g/mol. The standard InChI is InChI=1S/C10H8FNO/c1-10(9(6-12)13-10)7-3-2-4-8(11)5-7/h2-5,9H,1H3. The molecular formula is C10H8FNO. The van der Waals surface area contributed by atoms with Gasteiger partial charge < -0.3 is 4.74 Å². The van der Waals surface area contributed by atoms with Crippen molar-refractivity contribution in [3.05, 3.63) is 35.6 Å². The first kappa shape index (κ1) is 8.21. The second-order valence-electron chi connectivity index (χ2n) is 3.24. The summed E-state index contributed by atoms with van der Waals surface area (Å²) < 4.78 is 18.0. The molecule has 0 radical (unpaired) electrons. The van der Waals surface area contributed by atoms with Gasteiger partial charge in [-0.3, -0.25) is 0 Å². The normalized spacial score (nSPS) is 31.0. The van der Waals surface area contributed by atoms with Crippen LogP contribution in [0.1, 0.15) is 12.5 Å². The van der Waals surface area contributed by atoms with E-state index in [1.165, 1.54) is 12.1 Å². The molecule has 0 aromatic heterocycles. The molecule has 1 aliphatic heterocycles. The maximum Gasteiger partial charge on any atom is 0.178 e. The molecule has 0 N–H and O–H groups in total. The number of ether oxygens (including phenoxy) is 1. The van der Waals surface area contributed by atoms with Crippen molar-refractivity contribution in [3.63, 3.8) is 0 Å². The van der Waals surface area contributed by atoms with Crippen LogP contribution in [0.4, 0.5) is 4.39 Å². The second kappa shape index (κ2) is 2.54. The molecule has 0 spiro atoms. The summed E-state index contributed by atoms with van der Waals surface area (Å²) >= 11 is 0. The molecule has 1 aromatic carbocycles. The van der Waals surface area contributed by atoms with Gasteiger partial charge in [0.15, 0.2) is 6.10 Å². The number of epoxide rings is 1. The van der Waals surface area contributed by atoms with Crippen molar-refractivity contribution in [1.29, 1.82) is 5.26 Å². The van der Waals surface area contributed by atoms with Gasteiger partial charge in [0.1, 0.15) is 11.4 Å². The number of nitriles is 1. The lowest BCUT2D eigenvalue weighted by atomic mass is 9.98. The largest absolute Gasteiger partial charge is 0.345 e. The fourth-order valence-corrected chi connectivity index (χ4v) is 1.38. The van der Waals surface area contributed by atoms with Gasteiger partial charge in [-0.15, -0.1) is 0 Å². The smallest absolute Gasteiger partial charge is 0.178 e. The summed E-state index contributed by atoms with van der Waals surface area (Å²) in [5.74, 6) is -0.300. The molecule has 66 valence electrons. The lowest BCUT2D eigenvalue weighted by molar-refractivity contribution is 0.321. The van der Waals surface area contributed by atoms with Gasteiger partial charge in [0.2, 0.25) is 0 Å². The lowest BCUT2D eigenvalue weighted by Gasteiger charge is -2.04. The highest BCUT2D eigenvalue weighted by atomic mass is 19.1.